The summed E-state index contributed by atoms with van der Waals surface area (Å²) >= 11 is 6.73. The van der Waals surface area contributed by atoms with Gasteiger partial charge in [0.1, 0.15) is 0 Å². The van der Waals surface area contributed by atoms with Gasteiger partial charge in [-0.3, -0.25) is 0 Å². The van der Waals surface area contributed by atoms with Crippen molar-refractivity contribution >= 4 is 48.6 Å². The van der Waals surface area contributed by atoms with Crippen LogP contribution in [-0.4, -0.2) is 16.1 Å². The molecule has 5 heteroatoms. The van der Waals surface area contributed by atoms with Gasteiger partial charge in [-0.25, -0.2) is 9.78 Å². The first-order valence-corrected chi connectivity index (χ1v) is 5.66. The second kappa shape index (κ2) is 3.90. The number of carbonyl (C=O) groups is 1. The Hall–Kier alpha value is -0.940. The number of rotatable bonds is 1. The summed E-state index contributed by atoms with van der Waals surface area (Å²) in [6, 6.07) is 5.38. The lowest BCUT2D eigenvalue weighted by Gasteiger charge is -2.05. The third-order valence-electron chi connectivity index (χ3n) is 2.02. The molecule has 0 radical (unpaired) electrons. The zero-order valence-corrected chi connectivity index (χ0v) is 10.5. The van der Waals surface area contributed by atoms with Gasteiger partial charge in [-0.1, -0.05) is 28.1 Å². The molecule has 0 spiro atoms. The molecule has 1 aromatic carbocycles. The van der Waals surface area contributed by atoms with Gasteiger partial charge in [-0.2, -0.15) is 0 Å². The van der Waals surface area contributed by atoms with E-state index >= 15 is 0 Å². The molecule has 2 rings (SSSR count). The molecule has 0 amide bonds. The molecular weight excluding hydrogens is 326 g/mol. The molecule has 3 nitrogen and oxygen atoms in total. The number of hydrogen-bond donors (Lipinski definition) is 1. The summed E-state index contributed by atoms with van der Waals surface area (Å²) in [5.41, 5.74) is 0.0644. The van der Waals surface area contributed by atoms with Gasteiger partial charge >= 0.3 is 5.97 Å². The third-order valence-corrected chi connectivity index (χ3v) is 3.28. The summed E-state index contributed by atoms with van der Waals surface area (Å²) in [5, 5.41) is 10.4. The normalized spacial score (nSPS) is 10.5. The van der Waals surface area contributed by atoms with Crippen LogP contribution in [-0.2, 0) is 0 Å². The number of halogens is 2. The van der Waals surface area contributed by atoms with Crippen LogP contribution in [0.1, 0.15) is 10.5 Å². The first-order valence-electron chi connectivity index (χ1n) is 4.07. The Bertz CT molecular complexity index is 546. The van der Waals surface area contributed by atoms with Crippen molar-refractivity contribution in [3.63, 3.8) is 0 Å². The molecule has 1 heterocycles. The van der Waals surface area contributed by atoms with E-state index in [9.17, 15) is 4.79 Å². The molecule has 0 saturated heterocycles. The van der Waals surface area contributed by atoms with Gasteiger partial charge in [0.2, 0.25) is 0 Å². The van der Waals surface area contributed by atoms with Gasteiger partial charge < -0.3 is 5.11 Å². The van der Waals surface area contributed by atoms with E-state index in [1.807, 2.05) is 6.07 Å². The highest BCUT2D eigenvalue weighted by Gasteiger charge is 2.13. The van der Waals surface area contributed by atoms with Crippen molar-refractivity contribution in [1.82, 2.24) is 4.98 Å². The monoisotopic (exact) mass is 329 g/mol. The quantitative estimate of drug-likeness (QED) is 0.871. The summed E-state index contributed by atoms with van der Waals surface area (Å²) in [6.07, 6.45) is 1.50. The topological polar surface area (TPSA) is 50.2 Å². The van der Waals surface area contributed by atoms with Crippen LogP contribution in [0.3, 0.4) is 0 Å². The van der Waals surface area contributed by atoms with Crippen molar-refractivity contribution in [2.75, 3.05) is 0 Å². The fourth-order valence-corrected chi connectivity index (χ4v) is 2.77. The summed E-state index contributed by atoms with van der Waals surface area (Å²) in [4.78, 5) is 14.8. The first kappa shape index (κ1) is 10.6. The lowest BCUT2D eigenvalue weighted by Crippen LogP contribution is -2.01. The molecule has 0 atom stereocenters. The standard InChI is InChI=1S/C10H5Br2NO2/c11-6-3-1-2-5-8(6)7(12)4-13-9(5)10(14)15/h1-4H,(H,14,15). The largest absolute Gasteiger partial charge is 0.476 e. The van der Waals surface area contributed by atoms with Crippen LogP contribution in [0.4, 0.5) is 0 Å². The van der Waals surface area contributed by atoms with Crippen molar-refractivity contribution in [3.05, 3.63) is 39.0 Å². The Morgan fingerprint density at radius 3 is 2.67 bits per heavy atom. The number of aromatic carboxylic acids is 1. The highest BCUT2D eigenvalue weighted by molar-refractivity contribution is 9.11. The highest BCUT2D eigenvalue weighted by Crippen LogP contribution is 2.31. The average Bonchev–Trinajstić information content (AvgIpc) is 2.17. The van der Waals surface area contributed by atoms with Crippen LogP contribution >= 0.6 is 31.9 Å². The van der Waals surface area contributed by atoms with Crippen LogP contribution in [0, 0.1) is 0 Å². The maximum absolute atomic E-state index is 10.9. The average molecular weight is 331 g/mol. The molecule has 76 valence electrons. The maximum Gasteiger partial charge on any atom is 0.355 e. The minimum atomic E-state index is -1.02. The Labute approximate surface area is 102 Å². The zero-order chi connectivity index (χ0) is 11.0. The van der Waals surface area contributed by atoms with E-state index in [-0.39, 0.29) is 5.69 Å². The van der Waals surface area contributed by atoms with E-state index in [1.165, 1.54) is 6.20 Å². The fraction of sp³-hybridized carbons (Fsp3) is 0. The molecule has 0 unspecified atom stereocenters. The molecule has 0 bridgehead atoms. The minimum absolute atomic E-state index is 0.0644. The van der Waals surface area contributed by atoms with Crippen molar-refractivity contribution in [2.45, 2.75) is 0 Å². The molecule has 1 N–H and O–H groups in total. The summed E-state index contributed by atoms with van der Waals surface area (Å²) < 4.78 is 1.62. The molecule has 2 aromatic rings. The van der Waals surface area contributed by atoms with E-state index < -0.39 is 5.97 Å². The van der Waals surface area contributed by atoms with E-state index in [0.717, 1.165) is 14.3 Å². The number of carboxylic acids is 1. The molecule has 0 aliphatic heterocycles. The van der Waals surface area contributed by atoms with E-state index in [4.69, 9.17) is 5.11 Å². The van der Waals surface area contributed by atoms with Crippen molar-refractivity contribution in [1.29, 1.82) is 0 Å². The molecule has 1 aromatic heterocycles. The van der Waals surface area contributed by atoms with E-state index in [2.05, 4.69) is 36.8 Å². The molecule has 0 fully saturated rings. The molecular formula is C10H5Br2NO2. The van der Waals surface area contributed by atoms with Crippen LogP contribution in [0.2, 0.25) is 0 Å². The van der Waals surface area contributed by atoms with Gasteiger partial charge in [0.25, 0.3) is 0 Å². The van der Waals surface area contributed by atoms with Gasteiger partial charge in [0.15, 0.2) is 5.69 Å². The minimum Gasteiger partial charge on any atom is -0.476 e. The molecule has 0 aliphatic carbocycles. The van der Waals surface area contributed by atoms with Crippen molar-refractivity contribution < 1.29 is 9.90 Å². The second-order valence-electron chi connectivity index (χ2n) is 2.92. The van der Waals surface area contributed by atoms with Gasteiger partial charge in [0.05, 0.1) is 0 Å². The number of nitrogens with zero attached hydrogens (tertiary/aromatic N) is 1. The number of carboxylic acid groups (broad SMARTS) is 1. The zero-order valence-electron chi connectivity index (χ0n) is 7.37. The lowest BCUT2D eigenvalue weighted by atomic mass is 10.1. The van der Waals surface area contributed by atoms with Crippen LogP contribution in [0.15, 0.2) is 33.3 Å². The molecule has 15 heavy (non-hydrogen) atoms. The molecule has 0 saturated carbocycles. The first-order chi connectivity index (χ1) is 7.11. The Morgan fingerprint density at radius 1 is 1.27 bits per heavy atom. The fourth-order valence-electron chi connectivity index (χ4n) is 1.39. The second-order valence-corrected chi connectivity index (χ2v) is 4.63. The Morgan fingerprint density at radius 2 is 2.00 bits per heavy atom. The highest BCUT2D eigenvalue weighted by atomic mass is 79.9. The predicted octanol–water partition coefficient (Wildman–Crippen LogP) is 3.46. The Balaban J connectivity index is 2.95. The summed E-state index contributed by atoms with van der Waals surface area (Å²) in [7, 11) is 0. The third kappa shape index (κ3) is 1.77. The van der Waals surface area contributed by atoms with E-state index in [0.29, 0.717) is 5.39 Å². The van der Waals surface area contributed by atoms with Gasteiger partial charge in [-0.05, 0) is 22.0 Å². The number of hydrogen-bond acceptors (Lipinski definition) is 2. The summed E-state index contributed by atoms with van der Waals surface area (Å²) in [6.45, 7) is 0. The number of pyridine rings is 1. The van der Waals surface area contributed by atoms with Crippen LogP contribution in [0.5, 0.6) is 0 Å². The maximum atomic E-state index is 10.9. The van der Waals surface area contributed by atoms with Crippen LogP contribution < -0.4 is 0 Å². The number of fused-ring (bicyclic) bond motifs is 1. The van der Waals surface area contributed by atoms with Crippen molar-refractivity contribution in [3.8, 4) is 0 Å². The SMILES string of the molecule is O=C(O)c1ncc(Br)c2c(Br)cccc12. The smallest absolute Gasteiger partial charge is 0.355 e. The molecule has 0 aliphatic rings. The van der Waals surface area contributed by atoms with E-state index in [1.54, 1.807) is 12.1 Å². The number of benzene rings is 1. The van der Waals surface area contributed by atoms with Gasteiger partial charge in [-0.15, -0.1) is 0 Å². The number of aromatic nitrogens is 1. The lowest BCUT2D eigenvalue weighted by molar-refractivity contribution is 0.0693. The summed E-state index contributed by atoms with van der Waals surface area (Å²) in [5.74, 6) is -1.02. The van der Waals surface area contributed by atoms with Crippen molar-refractivity contribution in [2.24, 2.45) is 0 Å². The van der Waals surface area contributed by atoms with Crippen LogP contribution in [0.25, 0.3) is 10.8 Å². The predicted molar refractivity (Wildman–Crippen MR) is 64.1 cm³/mol. The Kier molecular flexibility index (Phi) is 2.75. The van der Waals surface area contributed by atoms with Gasteiger partial charge in [0, 0.05) is 25.9 Å².